The van der Waals surface area contributed by atoms with Crippen molar-refractivity contribution < 1.29 is 9.47 Å². The summed E-state index contributed by atoms with van der Waals surface area (Å²) in [7, 11) is 1.67. The molecule has 0 amide bonds. The fourth-order valence-corrected chi connectivity index (χ4v) is 3.41. The van der Waals surface area contributed by atoms with Crippen LogP contribution in [0.15, 0.2) is 35.8 Å². The molecule has 1 N–H and O–H groups in total. The maximum atomic E-state index is 5.68. The normalized spacial score (nSPS) is 18.4. The molecule has 130 valence electrons. The smallest absolute Gasteiger partial charge is 0.126 e. The van der Waals surface area contributed by atoms with Gasteiger partial charge in [-0.05, 0) is 41.4 Å². The number of imidazole rings is 1. The van der Waals surface area contributed by atoms with Crippen molar-refractivity contribution in [1.82, 2.24) is 24.5 Å². The van der Waals surface area contributed by atoms with E-state index in [9.17, 15) is 0 Å². The van der Waals surface area contributed by atoms with Crippen LogP contribution in [0, 0.1) is 0 Å². The van der Waals surface area contributed by atoms with Crippen molar-refractivity contribution in [3.63, 3.8) is 0 Å². The molecule has 4 rings (SSSR count). The molecule has 1 fully saturated rings. The molecule has 1 aliphatic heterocycles. The maximum Gasteiger partial charge on any atom is 0.126 e. The monoisotopic (exact) mass is 357 g/mol. The Morgan fingerprint density at radius 2 is 2.24 bits per heavy atom. The molecule has 2 aromatic heterocycles. The Kier molecular flexibility index (Phi) is 4.73. The van der Waals surface area contributed by atoms with Crippen LogP contribution < -0.4 is 4.74 Å². The first kappa shape index (κ1) is 16.2. The van der Waals surface area contributed by atoms with Crippen LogP contribution in [0.5, 0.6) is 5.75 Å². The summed E-state index contributed by atoms with van der Waals surface area (Å²) < 4.78 is 14.8. The molecule has 1 unspecified atom stereocenters. The van der Waals surface area contributed by atoms with E-state index >= 15 is 0 Å². The minimum absolute atomic E-state index is 0.0856. The van der Waals surface area contributed by atoms with E-state index in [2.05, 4.69) is 24.5 Å². The van der Waals surface area contributed by atoms with Gasteiger partial charge in [-0.25, -0.2) is 4.98 Å². The highest BCUT2D eigenvalue weighted by molar-refractivity contribution is 7.03. The summed E-state index contributed by atoms with van der Waals surface area (Å²) in [6, 6.07) is 8.02. The van der Waals surface area contributed by atoms with Crippen LogP contribution in [0.25, 0.3) is 11.3 Å². The zero-order valence-corrected chi connectivity index (χ0v) is 14.7. The lowest BCUT2D eigenvalue weighted by molar-refractivity contribution is -0.0161. The molecule has 1 saturated heterocycles. The number of hydrogen-bond acceptors (Lipinski definition) is 7. The van der Waals surface area contributed by atoms with Crippen LogP contribution in [-0.2, 0) is 11.3 Å². The average molecular weight is 357 g/mol. The van der Waals surface area contributed by atoms with E-state index in [0.29, 0.717) is 6.61 Å². The molecule has 3 aromatic rings. The van der Waals surface area contributed by atoms with Crippen molar-refractivity contribution in [2.75, 3.05) is 26.9 Å². The van der Waals surface area contributed by atoms with E-state index in [4.69, 9.17) is 9.47 Å². The van der Waals surface area contributed by atoms with Gasteiger partial charge in [0.25, 0.3) is 0 Å². The fraction of sp³-hybridized carbons (Fsp3) is 0.353. The van der Waals surface area contributed by atoms with E-state index < -0.39 is 0 Å². The molecule has 0 bridgehead atoms. The van der Waals surface area contributed by atoms with Crippen LogP contribution in [0.3, 0.4) is 0 Å². The van der Waals surface area contributed by atoms with Gasteiger partial charge >= 0.3 is 0 Å². The molecule has 8 heteroatoms. The quantitative estimate of drug-likeness (QED) is 0.756. The van der Waals surface area contributed by atoms with E-state index in [1.165, 1.54) is 11.5 Å². The number of morpholine rings is 1. The number of H-pyrrole nitrogens is 1. The van der Waals surface area contributed by atoms with Crippen molar-refractivity contribution in [3.8, 4) is 17.0 Å². The zero-order valence-electron chi connectivity index (χ0n) is 13.9. The number of benzene rings is 1. The Labute approximate surface area is 149 Å². The third-order valence-electron chi connectivity index (χ3n) is 4.32. The summed E-state index contributed by atoms with van der Waals surface area (Å²) in [6.45, 7) is 2.94. The molecule has 3 heterocycles. The first-order valence-corrected chi connectivity index (χ1v) is 8.94. The second-order valence-electron chi connectivity index (χ2n) is 5.87. The number of aromatic amines is 1. The molecular weight excluding hydrogens is 338 g/mol. The second-order valence-corrected chi connectivity index (χ2v) is 6.48. The molecule has 0 aliphatic carbocycles. The number of nitrogens with zero attached hydrogens (tertiary/aromatic N) is 4. The van der Waals surface area contributed by atoms with Gasteiger partial charge in [0.05, 0.1) is 44.0 Å². The van der Waals surface area contributed by atoms with Crippen molar-refractivity contribution in [2.45, 2.75) is 12.6 Å². The third kappa shape index (κ3) is 3.55. The molecule has 7 nitrogen and oxygen atoms in total. The second kappa shape index (κ2) is 7.30. The van der Waals surface area contributed by atoms with Crippen molar-refractivity contribution in [1.29, 1.82) is 0 Å². The van der Waals surface area contributed by atoms with Gasteiger partial charge in [0.15, 0.2) is 0 Å². The van der Waals surface area contributed by atoms with Gasteiger partial charge in [0.1, 0.15) is 11.6 Å². The van der Waals surface area contributed by atoms with E-state index in [1.54, 1.807) is 7.11 Å². The highest BCUT2D eigenvalue weighted by Crippen LogP contribution is 2.27. The molecular formula is C17H19N5O2S. The number of hydrogen-bond donors (Lipinski definition) is 1. The molecule has 1 aromatic carbocycles. The molecule has 0 radical (unpaired) electrons. The molecule has 0 saturated carbocycles. The summed E-state index contributed by atoms with van der Waals surface area (Å²) >= 11 is 1.38. The minimum atomic E-state index is 0.0856. The van der Waals surface area contributed by atoms with Gasteiger partial charge in [-0.2, -0.15) is 0 Å². The van der Waals surface area contributed by atoms with Gasteiger partial charge in [-0.3, -0.25) is 4.90 Å². The standard InChI is InChI=1S/C17H19N5O2S/c1-23-14-4-2-12(3-5-14)15-8-18-17(19-15)16-10-24-7-6-22(16)9-13-11-25-21-20-13/h2-5,8,11,16H,6-7,9-10H2,1H3,(H,18,19). The molecule has 0 spiro atoms. The minimum Gasteiger partial charge on any atom is -0.497 e. The zero-order chi connectivity index (χ0) is 17.1. The predicted octanol–water partition coefficient (Wildman–Crippen LogP) is 2.51. The van der Waals surface area contributed by atoms with Gasteiger partial charge < -0.3 is 14.5 Å². The number of methoxy groups -OCH3 is 1. The summed E-state index contributed by atoms with van der Waals surface area (Å²) in [5.41, 5.74) is 3.05. The maximum absolute atomic E-state index is 5.68. The Balaban J connectivity index is 1.54. The van der Waals surface area contributed by atoms with E-state index in [1.807, 2.05) is 35.8 Å². The highest BCUT2D eigenvalue weighted by atomic mass is 32.1. The number of ether oxygens (including phenoxy) is 2. The fourth-order valence-electron chi connectivity index (χ4n) is 2.96. The van der Waals surface area contributed by atoms with E-state index in [0.717, 1.165) is 48.2 Å². The Bertz CT molecular complexity index is 803. The summed E-state index contributed by atoms with van der Waals surface area (Å²) in [5.74, 6) is 1.75. The van der Waals surface area contributed by atoms with E-state index in [-0.39, 0.29) is 6.04 Å². The predicted molar refractivity (Wildman–Crippen MR) is 94.5 cm³/mol. The third-order valence-corrected chi connectivity index (χ3v) is 4.88. The van der Waals surface area contributed by atoms with Crippen LogP contribution >= 0.6 is 11.5 Å². The topological polar surface area (TPSA) is 76.2 Å². The van der Waals surface area contributed by atoms with Gasteiger partial charge in [-0.1, -0.05) is 4.49 Å². The lowest BCUT2D eigenvalue weighted by Crippen LogP contribution is -2.39. The first-order chi connectivity index (χ1) is 12.3. The summed E-state index contributed by atoms with van der Waals surface area (Å²) in [5, 5.41) is 6.13. The number of nitrogens with one attached hydrogen (secondary N) is 1. The first-order valence-electron chi connectivity index (χ1n) is 8.10. The molecule has 25 heavy (non-hydrogen) atoms. The van der Waals surface area contributed by atoms with Crippen LogP contribution in [0.1, 0.15) is 17.6 Å². The summed E-state index contributed by atoms with van der Waals surface area (Å²) in [4.78, 5) is 10.4. The van der Waals surface area contributed by atoms with Crippen molar-refractivity contribution in [2.24, 2.45) is 0 Å². The lowest BCUT2D eigenvalue weighted by Gasteiger charge is -2.33. The Hall–Kier alpha value is -2.29. The van der Waals surface area contributed by atoms with Crippen LogP contribution in [-0.4, -0.2) is 51.3 Å². The van der Waals surface area contributed by atoms with Gasteiger partial charge in [-0.15, -0.1) is 5.10 Å². The van der Waals surface area contributed by atoms with Gasteiger partial charge in [0.2, 0.25) is 0 Å². The number of rotatable bonds is 5. The van der Waals surface area contributed by atoms with Crippen LogP contribution in [0.2, 0.25) is 0 Å². The van der Waals surface area contributed by atoms with Gasteiger partial charge in [0, 0.05) is 18.5 Å². The highest BCUT2D eigenvalue weighted by Gasteiger charge is 2.27. The Morgan fingerprint density at radius 3 is 3.00 bits per heavy atom. The Morgan fingerprint density at radius 1 is 1.36 bits per heavy atom. The average Bonchev–Trinajstić information content (AvgIpc) is 3.34. The largest absolute Gasteiger partial charge is 0.497 e. The number of aromatic nitrogens is 4. The molecule has 1 aliphatic rings. The van der Waals surface area contributed by atoms with Crippen LogP contribution in [0.4, 0.5) is 0 Å². The van der Waals surface area contributed by atoms with Crippen molar-refractivity contribution in [3.05, 3.63) is 47.4 Å². The lowest BCUT2D eigenvalue weighted by atomic mass is 10.1. The van der Waals surface area contributed by atoms with Crippen molar-refractivity contribution >= 4 is 11.5 Å². The summed E-state index contributed by atoms with van der Waals surface area (Å²) in [6.07, 6.45) is 1.87. The molecule has 1 atom stereocenters. The SMILES string of the molecule is COc1ccc(-c2cnc(C3COCCN3Cc3csnn3)[nH]2)cc1.